The number of nitrogens with zero attached hydrogens (tertiary/aromatic N) is 2. The van der Waals surface area contributed by atoms with Crippen molar-refractivity contribution in [2.24, 2.45) is 5.41 Å². The van der Waals surface area contributed by atoms with Crippen LogP contribution in [-0.4, -0.2) is 29.0 Å². The van der Waals surface area contributed by atoms with E-state index in [0.29, 0.717) is 17.6 Å². The lowest BCUT2D eigenvalue weighted by Crippen LogP contribution is -2.60. The van der Waals surface area contributed by atoms with Crippen LogP contribution in [0.1, 0.15) is 51.0 Å². The van der Waals surface area contributed by atoms with Crippen LogP contribution >= 0.6 is 11.3 Å². The molecule has 4 nitrogen and oxygen atoms in total. The van der Waals surface area contributed by atoms with Gasteiger partial charge < -0.3 is 10.1 Å². The first kappa shape index (κ1) is 13.3. The van der Waals surface area contributed by atoms with Crippen LogP contribution in [0, 0.1) is 5.41 Å². The van der Waals surface area contributed by atoms with Crippen molar-refractivity contribution in [2.75, 3.05) is 11.9 Å². The predicted octanol–water partition coefficient (Wildman–Crippen LogP) is 3.25. The zero-order valence-electron chi connectivity index (χ0n) is 11.8. The van der Waals surface area contributed by atoms with Crippen molar-refractivity contribution >= 4 is 16.5 Å². The first-order valence-electron chi connectivity index (χ1n) is 7.49. The molecule has 19 heavy (non-hydrogen) atoms. The quantitative estimate of drug-likeness (QED) is 0.900. The molecule has 3 rings (SSSR count). The molecular weight excluding hydrogens is 258 g/mol. The average Bonchev–Trinajstić information content (AvgIpc) is 3.08. The fraction of sp³-hybridized carbons (Fsp3) is 0.857. The Balaban J connectivity index is 1.68. The third-order valence-electron chi connectivity index (χ3n) is 4.75. The molecule has 0 saturated heterocycles. The van der Waals surface area contributed by atoms with Crippen LogP contribution in [0.5, 0.6) is 0 Å². The summed E-state index contributed by atoms with van der Waals surface area (Å²) in [5, 5.41) is 14.2. The largest absolute Gasteiger partial charge is 0.378 e. The molecule has 2 fully saturated rings. The summed E-state index contributed by atoms with van der Waals surface area (Å²) in [6.45, 7) is 5.05. The van der Waals surface area contributed by atoms with Crippen molar-refractivity contribution in [3.63, 3.8) is 0 Å². The van der Waals surface area contributed by atoms with Gasteiger partial charge in [-0.1, -0.05) is 31.1 Å². The molecule has 5 heteroatoms. The Labute approximate surface area is 119 Å². The molecule has 106 valence electrons. The van der Waals surface area contributed by atoms with Gasteiger partial charge in [0.05, 0.1) is 6.10 Å². The van der Waals surface area contributed by atoms with Crippen LogP contribution in [0.3, 0.4) is 0 Å². The molecule has 2 unspecified atom stereocenters. The number of rotatable bonds is 5. The van der Waals surface area contributed by atoms with Crippen molar-refractivity contribution in [1.82, 2.24) is 10.2 Å². The first-order valence-corrected chi connectivity index (χ1v) is 8.30. The second-order valence-corrected chi connectivity index (χ2v) is 6.73. The molecular formula is C14H23N3OS. The van der Waals surface area contributed by atoms with Gasteiger partial charge in [-0.25, -0.2) is 0 Å². The summed E-state index contributed by atoms with van der Waals surface area (Å²) < 4.78 is 5.94. The second-order valence-electron chi connectivity index (χ2n) is 5.67. The van der Waals surface area contributed by atoms with Gasteiger partial charge in [-0.05, 0) is 32.6 Å². The predicted molar refractivity (Wildman–Crippen MR) is 77.6 cm³/mol. The fourth-order valence-corrected chi connectivity index (χ4v) is 4.42. The van der Waals surface area contributed by atoms with Gasteiger partial charge in [-0.3, -0.25) is 0 Å². The third kappa shape index (κ3) is 2.27. The lowest BCUT2D eigenvalue weighted by Gasteiger charge is -2.54. The number of aromatic nitrogens is 2. The van der Waals surface area contributed by atoms with E-state index in [1.54, 1.807) is 11.3 Å². The van der Waals surface area contributed by atoms with E-state index in [4.69, 9.17) is 4.74 Å². The smallest absolute Gasteiger partial charge is 0.205 e. The van der Waals surface area contributed by atoms with E-state index in [2.05, 4.69) is 29.4 Å². The van der Waals surface area contributed by atoms with Crippen molar-refractivity contribution < 1.29 is 4.74 Å². The summed E-state index contributed by atoms with van der Waals surface area (Å²) >= 11 is 1.69. The standard InChI is InChI=1S/C14H23N3OS/c1-3-12-16-17-13(19-12)15-10-9-11(18-4-2)14(10)7-5-6-8-14/h10-11H,3-9H2,1-2H3,(H,15,17). The van der Waals surface area contributed by atoms with E-state index >= 15 is 0 Å². The third-order valence-corrected chi connectivity index (χ3v) is 5.75. The molecule has 1 spiro atoms. The summed E-state index contributed by atoms with van der Waals surface area (Å²) in [4.78, 5) is 0. The van der Waals surface area contributed by atoms with Crippen molar-refractivity contribution in [3.05, 3.63) is 5.01 Å². The van der Waals surface area contributed by atoms with Gasteiger partial charge in [0.1, 0.15) is 5.01 Å². The van der Waals surface area contributed by atoms with Crippen molar-refractivity contribution in [2.45, 2.75) is 64.5 Å². The SMILES string of the molecule is CCOC1CC(Nc2nnc(CC)s2)C12CCCC2. The van der Waals surface area contributed by atoms with E-state index in [-0.39, 0.29) is 0 Å². The van der Waals surface area contributed by atoms with Crippen LogP contribution in [0.4, 0.5) is 5.13 Å². The maximum Gasteiger partial charge on any atom is 0.205 e. The average molecular weight is 281 g/mol. The Hall–Kier alpha value is -0.680. The van der Waals surface area contributed by atoms with E-state index in [0.717, 1.165) is 29.6 Å². The Morgan fingerprint density at radius 2 is 2.11 bits per heavy atom. The van der Waals surface area contributed by atoms with Crippen molar-refractivity contribution in [3.8, 4) is 0 Å². The molecule has 0 bridgehead atoms. The van der Waals surface area contributed by atoms with Gasteiger partial charge in [0, 0.05) is 18.1 Å². The highest BCUT2D eigenvalue weighted by Gasteiger charge is 2.56. The van der Waals surface area contributed by atoms with Crippen LogP contribution in [-0.2, 0) is 11.2 Å². The number of hydrogen-bond donors (Lipinski definition) is 1. The maximum atomic E-state index is 5.94. The summed E-state index contributed by atoms with van der Waals surface area (Å²) in [5.74, 6) is 0. The number of nitrogens with one attached hydrogen (secondary N) is 1. The van der Waals surface area contributed by atoms with E-state index in [1.807, 2.05) is 0 Å². The zero-order chi connectivity index (χ0) is 13.3. The Morgan fingerprint density at radius 1 is 1.32 bits per heavy atom. The van der Waals surface area contributed by atoms with Gasteiger partial charge in [-0.2, -0.15) is 0 Å². The van der Waals surface area contributed by atoms with Gasteiger partial charge in [0.2, 0.25) is 5.13 Å². The monoisotopic (exact) mass is 281 g/mol. The molecule has 2 aliphatic rings. The molecule has 1 aromatic heterocycles. The molecule has 1 heterocycles. The highest BCUT2D eigenvalue weighted by atomic mass is 32.1. The summed E-state index contributed by atoms with van der Waals surface area (Å²) in [5.41, 5.74) is 0.369. The van der Waals surface area contributed by atoms with Gasteiger partial charge in [0.15, 0.2) is 0 Å². The van der Waals surface area contributed by atoms with Gasteiger partial charge in [0.25, 0.3) is 0 Å². The normalized spacial score (nSPS) is 28.5. The van der Waals surface area contributed by atoms with Crippen LogP contribution in [0.15, 0.2) is 0 Å². The highest BCUT2D eigenvalue weighted by Crippen LogP contribution is 2.55. The minimum Gasteiger partial charge on any atom is -0.378 e. The van der Waals surface area contributed by atoms with Gasteiger partial charge in [-0.15, -0.1) is 10.2 Å². The lowest BCUT2D eigenvalue weighted by atomic mass is 9.60. The molecule has 0 radical (unpaired) electrons. The molecule has 2 saturated carbocycles. The molecule has 0 aliphatic heterocycles. The number of ether oxygens (including phenoxy) is 1. The number of anilines is 1. The van der Waals surface area contributed by atoms with Gasteiger partial charge >= 0.3 is 0 Å². The van der Waals surface area contributed by atoms with Crippen molar-refractivity contribution in [1.29, 1.82) is 0 Å². The minimum atomic E-state index is 0.369. The highest BCUT2D eigenvalue weighted by molar-refractivity contribution is 7.15. The van der Waals surface area contributed by atoms with Crippen LogP contribution in [0.25, 0.3) is 0 Å². The number of aryl methyl sites for hydroxylation is 1. The van der Waals surface area contributed by atoms with E-state index in [9.17, 15) is 0 Å². The number of hydrogen-bond acceptors (Lipinski definition) is 5. The molecule has 2 aliphatic carbocycles. The molecule has 2 atom stereocenters. The Kier molecular flexibility index (Phi) is 3.76. The van der Waals surface area contributed by atoms with Crippen LogP contribution < -0.4 is 5.32 Å². The van der Waals surface area contributed by atoms with Crippen LogP contribution in [0.2, 0.25) is 0 Å². The topological polar surface area (TPSA) is 47.0 Å². The molecule has 0 aromatic carbocycles. The second kappa shape index (κ2) is 5.37. The lowest BCUT2D eigenvalue weighted by molar-refractivity contribution is -0.114. The summed E-state index contributed by atoms with van der Waals surface area (Å²) in [6.07, 6.45) is 7.83. The fourth-order valence-electron chi connectivity index (χ4n) is 3.69. The Morgan fingerprint density at radius 3 is 2.74 bits per heavy atom. The summed E-state index contributed by atoms with van der Waals surface area (Å²) in [6, 6.07) is 0.532. The first-order chi connectivity index (χ1) is 9.28. The van der Waals surface area contributed by atoms with E-state index in [1.165, 1.54) is 25.7 Å². The zero-order valence-corrected chi connectivity index (χ0v) is 12.6. The Bertz CT molecular complexity index is 428. The minimum absolute atomic E-state index is 0.369. The van der Waals surface area contributed by atoms with E-state index < -0.39 is 0 Å². The molecule has 1 N–H and O–H groups in total. The molecule has 1 aromatic rings. The molecule has 0 amide bonds. The summed E-state index contributed by atoms with van der Waals surface area (Å²) in [7, 11) is 0. The maximum absolute atomic E-state index is 5.94.